The van der Waals surface area contributed by atoms with Crippen molar-refractivity contribution < 1.29 is 17.9 Å². The summed E-state index contributed by atoms with van der Waals surface area (Å²) in [6.07, 6.45) is 4.27. The summed E-state index contributed by atoms with van der Waals surface area (Å²) < 4.78 is 32.0. The maximum absolute atomic E-state index is 12.2. The van der Waals surface area contributed by atoms with E-state index in [2.05, 4.69) is 24.9 Å². The predicted octanol–water partition coefficient (Wildman–Crippen LogP) is 1.22. The number of rotatable bonds is 8. The van der Waals surface area contributed by atoms with E-state index in [4.69, 9.17) is 4.74 Å². The Labute approximate surface area is 189 Å². The van der Waals surface area contributed by atoms with Gasteiger partial charge >= 0.3 is 5.97 Å². The highest BCUT2D eigenvalue weighted by Crippen LogP contribution is 2.18. The number of esters is 1. The number of likely N-dealkylation sites (tertiary alicyclic amines) is 1. The van der Waals surface area contributed by atoms with Gasteiger partial charge in [-0.05, 0) is 38.8 Å². The summed E-state index contributed by atoms with van der Waals surface area (Å²) in [5, 5.41) is 3.22. The molecule has 1 aromatic heterocycles. The van der Waals surface area contributed by atoms with Crippen molar-refractivity contribution in [1.82, 2.24) is 19.9 Å². The van der Waals surface area contributed by atoms with Crippen LogP contribution < -0.4 is 10.0 Å². The first-order valence-electron chi connectivity index (χ1n) is 9.57. The van der Waals surface area contributed by atoms with E-state index in [0.29, 0.717) is 32.8 Å². The lowest BCUT2D eigenvalue weighted by Crippen LogP contribution is -2.47. The molecular weight excluding hydrogens is 509 g/mol. The number of aromatic nitrogens is 1. The van der Waals surface area contributed by atoms with Gasteiger partial charge in [0.2, 0.25) is 10.0 Å². The van der Waals surface area contributed by atoms with Crippen molar-refractivity contribution in [3.63, 3.8) is 0 Å². The topological polar surface area (TPSA) is 113 Å². The lowest BCUT2D eigenvalue weighted by atomic mass is 9.97. The molecule has 0 amide bonds. The zero-order chi connectivity index (χ0) is 20.4. The average molecular weight is 539 g/mol. The third-order valence-corrected chi connectivity index (χ3v) is 5.81. The summed E-state index contributed by atoms with van der Waals surface area (Å²) in [4.78, 5) is 22.4. The fraction of sp³-hybridized carbons (Fsp3) is 0.611. The summed E-state index contributed by atoms with van der Waals surface area (Å²) in [5.41, 5.74) is 0. The summed E-state index contributed by atoms with van der Waals surface area (Å²) in [6, 6.07) is 3.08. The van der Waals surface area contributed by atoms with Crippen molar-refractivity contribution >= 4 is 45.9 Å². The first-order valence-corrected chi connectivity index (χ1v) is 11.1. The second-order valence-electron chi connectivity index (χ2n) is 6.34. The van der Waals surface area contributed by atoms with Gasteiger partial charge in [0.15, 0.2) is 5.96 Å². The number of carbonyl (C=O) groups excluding carboxylic acids is 1. The highest BCUT2D eigenvalue weighted by Gasteiger charge is 2.27. The van der Waals surface area contributed by atoms with Crippen LogP contribution in [0.5, 0.6) is 0 Å². The predicted molar refractivity (Wildman–Crippen MR) is 122 cm³/mol. The van der Waals surface area contributed by atoms with Crippen LogP contribution in [-0.2, 0) is 19.6 Å². The molecule has 9 nitrogen and oxygen atoms in total. The van der Waals surface area contributed by atoms with Crippen LogP contribution in [0.15, 0.2) is 34.4 Å². The first-order chi connectivity index (χ1) is 13.5. The number of sulfonamides is 1. The number of nitrogens with one attached hydrogen (secondary N) is 2. The Hall–Kier alpha value is -1.47. The number of piperidine rings is 1. The quantitative estimate of drug-likeness (QED) is 0.168. The number of hydrogen-bond donors (Lipinski definition) is 2. The molecule has 1 aliphatic heterocycles. The molecule has 0 bridgehead atoms. The second kappa shape index (κ2) is 13.0. The molecule has 2 rings (SSSR count). The Kier molecular flexibility index (Phi) is 11.4. The molecule has 1 aromatic rings. The molecule has 29 heavy (non-hydrogen) atoms. The lowest BCUT2D eigenvalue weighted by Gasteiger charge is -2.33. The van der Waals surface area contributed by atoms with Gasteiger partial charge < -0.3 is 15.0 Å². The van der Waals surface area contributed by atoms with Crippen molar-refractivity contribution in [2.45, 2.75) is 31.6 Å². The van der Waals surface area contributed by atoms with Crippen molar-refractivity contribution in [2.24, 2.45) is 10.9 Å². The van der Waals surface area contributed by atoms with Gasteiger partial charge in [0.25, 0.3) is 0 Å². The number of nitrogens with zero attached hydrogens (tertiary/aromatic N) is 3. The van der Waals surface area contributed by atoms with E-state index >= 15 is 0 Å². The van der Waals surface area contributed by atoms with E-state index in [9.17, 15) is 13.2 Å². The number of carbonyl (C=O) groups is 1. The van der Waals surface area contributed by atoms with Crippen molar-refractivity contribution in [3.05, 3.63) is 24.5 Å². The second-order valence-corrected chi connectivity index (χ2v) is 8.10. The molecule has 1 aliphatic rings. The smallest absolute Gasteiger partial charge is 0.309 e. The van der Waals surface area contributed by atoms with Gasteiger partial charge in [0, 0.05) is 38.6 Å². The molecule has 2 N–H and O–H groups in total. The molecule has 11 heteroatoms. The maximum atomic E-state index is 12.2. The molecule has 0 aromatic carbocycles. The van der Waals surface area contributed by atoms with Crippen molar-refractivity contribution in [3.8, 4) is 0 Å². The Balaban J connectivity index is 0.00000420. The highest BCUT2D eigenvalue weighted by atomic mass is 127. The number of aliphatic imine (C=N–C) groups is 1. The van der Waals surface area contributed by atoms with E-state index in [1.165, 1.54) is 18.5 Å². The number of ether oxygens (including phenoxy) is 1. The fourth-order valence-electron chi connectivity index (χ4n) is 2.94. The zero-order valence-corrected chi connectivity index (χ0v) is 20.0. The standard InChI is InChI=1S/C18H29N5O4S.HI/c1-3-20-18(23-12-7-15(8-13-23)17(24)27-4-2)21-10-11-22-28(25,26)16-6-5-9-19-14-16;/h5-6,9,14-15,22H,3-4,7-8,10-13H2,1-2H3,(H,20,21);1H. The van der Waals surface area contributed by atoms with Gasteiger partial charge in [-0.15, -0.1) is 24.0 Å². The van der Waals surface area contributed by atoms with Crippen LogP contribution in [0.3, 0.4) is 0 Å². The molecule has 0 aliphatic carbocycles. The fourth-order valence-corrected chi connectivity index (χ4v) is 3.93. The van der Waals surface area contributed by atoms with Gasteiger partial charge in [-0.1, -0.05) is 0 Å². The monoisotopic (exact) mass is 539 g/mol. The normalized spacial score (nSPS) is 15.5. The van der Waals surface area contributed by atoms with Crippen molar-refractivity contribution in [2.75, 3.05) is 39.3 Å². The largest absolute Gasteiger partial charge is 0.466 e. The minimum atomic E-state index is -3.58. The Morgan fingerprint density at radius 2 is 2.07 bits per heavy atom. The van der Waals surface area contributed by atoms with Crippen LogP contribution in [0.4, 0.5) is 0 Å². The van der Waals surface area contributed by atoms with Crippen molar-refractivity contribution in [1.29, 1.82) is 0 Å². The van der Waals surface area contributed by atoms with Crippen LogP contribution in [0.25, 0.3) is 0 Å². The average Bonchev–Trinajstić information content (AvgIpc) is 2.71. The molecule has 0 atom stereocenters. The number of halogens is 1. The molecule has 0 spiro atoms. The Morgan fingerprint density at radius 3 is 2.66 bits per heavy atom. The summed E-state index contributed by atoms with van der Waals surface area (Å²) in [5.74, 6) is 0.532. The van der Waals surface area contributed by atoms with Gasteiger partial charge in [-0.2, -0.15) is 0 Å². The molecule has 1 saturated heterocycles. The highest BCUT2D eigenvalue weighted by molar-refractivity contribution is 14.0. The molecule has 0 saturated carbocycles. The van der Waals surface area contributed by atoms with Crippen LogP contribution in [0.2, 0.25) is 0 Å². The third-order valence-electron chi connectivity index (χ3n) is 4.36. The molecule has 0 radical (unpaired) electrons. The van der Waals surface area contributed by atoms with Crippen LogP contribution in [0.1, 0.15) is 26.7 Å². The Bertz CT molecular complexity index is 753. The number of pyridine rings is 1. The Morgan fingerprint density at radius 1 is 1.34 bits per heavy atom. The first kappa shape index (κ1) is 25.6. The summed E-state index contributed by atoms with van der Waals surface area (Å²) in [6.45, 7) is 6.80. The minimum absolute atomic E-state index is 0. The molecule has 1 fully saturated rings. The van der Waals surface area contributed by atoms with Gasteiger partial charge in [-0.3, -0.25) is 14.8 Å². The van der Waals surface area contributed by atoms with E-state index in [0.717, 1.165) is 18.8 Å². The summed E-state index contributed by atoms with van der Waals surface area (Å²) in [7, 11) is -3.58. The molecular formula is C18H30IN5O4S. The van der Waals surface area contributed by atoms with Gasteiger partial charge in [-0.25, -0.2) is 13.1 Å². The zero-order valence-electron chi connectivity index (χ0n) is 16.8. The van der Waals surface area contributed by atoms with E-state index in [1.54, 1.807) is 6.07 Å². The number of guanidine groups is 1. The SMILES string of the molecule is CCNC(=NCCNS(=O)(=O)c1cccnc1)N1CCC(C(=O)OCC)CC1.I. The number of hydrogen-bond acceptors (Lipinski definition) is 6. The maximum Gasteiger partial charge on any atom is 0.309 e. The lowest BCUT2D eigenvalue weighted by molar-refractivity contribution is -0.149. The molecule has 2 heterocycles. The van der Waals surface area contributed by atoms with E-state index in [-0.39, 0.29) is 47.3 Å². The van der Waals surface area contributed by atoms with Crippen LogP contribution in [0, 0.1) is 5.92 Å². The van der Waals surface area contributed by atoms with E-state index in [1.807, 2.05) is 13.8 Å². The van der Waals surface area contributed by atoms with Crippen LogP contribution >= 0.6 is 24.0 Å². The van der Waals surface area contributed by atoms with E-state index < -0.39 is 10.0 Å². The molecule has 164 valence electrons. The minimum Gasteiger partial charge on any atom is -0.466 e. The van der Waals surface area contributed by atoms with Crippen LogP contribution in [-0.4, -0.2) is 69.6 Å². The molecule has 0 unspecified atom stereocenters. The summed E-state index contributed by atoms with van der Waals surface area (Å²) >= 11 is 0. The van der Waals surface area contributed by atoms with Gasteiger partial charge in [0.1, 0.15) is 4.90 Å². The van der Waals surface area contributed by atoms with Gasteiger partial charge in [0.05, 0.1) is 19.1 Å². The third kappa shape index (κ3) is 8.05.